The normalized spacial score (nSPS) is 20.9. The molecule has 5 nitrogen and oxygen atoms in total. The molecular formula is C9H10N4OS. The number of nitriles is 1. The number of nitrogens with zero attached hydrogens (tertiary/aromatic N) is 3. The Morgan fingerprint density at radius 3 is 3.13 bits per heavy atom. The van der Waals surface area contributed by atoms with Gasteiger partial charge in [-0.15, -0.1) is 0 Å². The molecule has 1 atom stereocenters. The van der Waals surface area contributed by atoms with Gasteiger partial charge in [-0.2, -0.15) is 17.0 Å². The van der Waals surface area contributed by atoms with Crippen molar-refractivity contribution < 1.29 is 4.74 Å². The van der Waals surface area contributed by atoms with Gasteiger partial charge in [0.25, 0.3) is 0 Å². The molecule has 1 aliphatic heterocycles. The summed E-state index contributed by atoms with van der Waals surface area (Å²) in [4.78, 5) is 8.16. The van der Waals surface area contributed by atoms with Crippen LogP contribution in [0.2, 0.25) is 0 Å². The fourth-order valence-electron chi connectivity index (χ4n) is 1.29. The zero-order valence-corrected chi connectivity index (χ0v) is 8.83. The van der Waals surface area contributed by atoms with E-state index < -0.39 is 0 Å². The highest BCUT2D eigenvalue weighted by atomic mass is 32.2. The Kier molecular flexibility index (Phi) is 3.04. The van der Waals surface area contributed by atoms with Crippen molar-refractivity contribution in [1.82, 2.24) is 9.97 Å². The largest absolute Gasteiger partial charge is 0.382 e. The van der Waals surface area contributed by atoms with Crippen molar-refractivity contribution in [3.05, 3.63) is 17.6 Å². The lowest BCUT2D eigenvalue weighted by molar-refractivity contribution is 0.0695. The molecule has 0 spiro atoms. The summed E-state index contributed by atoms with van der Waals surface area (Å²) in [7, 11) is 0. The zero-order chi connectivity index (χ0) is 10.7. The molecule has 2 N–H and O–H groups in total. The molecule has 1 unspecified atom stereocenters. The lowest BCUT2D eigenvalue weighted by atomic mass is 10.3. The molecule has 1 saturated heterocycles. The van der Waals surface area contributed by atoms with Crippen molar-refractivity contribution in [2.45, 2.75) is 6.10 Å². The fraction of sp³-hybridized carbons (Fsp3) is 0.444. The van der Waals surface area contributed by atoms with E-state index in [0.29, 0.717) is 18.0 Å². The highest BCUT2D eigenvalue weighted by molar-refractivity contribution is 7.99. The Bertz CT molecular complexity index is 398. The van der Waals surface area contributed by atoms with E-state index in [1.54, 1.807) is 11.8 Å². The van der Waals surface area contributed by atoms with E-state index in [9.17, 15) is 0 Å². The van der Waals surface area contributed by atoms with Crippen molar-refractivity contribution in [1.29, 1.82) is 5.26 Å². The number of aromatic nitrogens is 2. The summed E-state index contributed by atoms with van der Waals surface area (Å²) < 4.78 is 5.51. The van der Waals surface area contributed by atoms with Crippen LogP contribution in [-0.4, -0.2) is 28.1 Å². The van der Waals surface area contributed by atoms with Crippen LogP contribution in [0.25, 0.3) is 0 Å². The van der Waals surface area contributed by atoms with Crippen LogP contribution in [0.5, 0.6) is 0 Å². The first-order chi connectivity index (χ1) is 7.31. The Balaban J connectivity index is 2.22. The number of hydrogen-bond acceptors (Lipinski definition) is 6. The number of hydrogen-bond donors (Lipinski definition) is 1. The molecular weight excluding hydrogens is 212 g/mol. The number of rotatable bonds is 1. The van der Waals surface area contributed by atoms with Crippen LogP contribution in [0.15, 0.2) is 6.20 Å². The van der Waals surface area contributed by atoms with Crippen LogP contribution in [0.4, 0.5) is 5.82 Å². The van der Waals surface area contributed by atoms with Crippen LogP contribution >= 0.6 is 11.8 Å². The summed E-state index contributed by atoms with van der Waals surface area (Å²) in [6.07, 6.45) is 1.35. The number of thioether (sulfide) groups is 1. The van der Waals surface area contributed by atoms with Crippen LogP contribution in [0.1, 0.15) is 17.5 Å². The van der Waals surface area contributed by atoms with Crippen LogP contribution in [0, 0.1) is 11.3 Å². The van der Waals surface area contributed by atoms with Crippen molar-refractivity contribution in [3.8, 4) is 6.07 Å². The van der Waals surface area contributed by atoms with Gasteiger partial charge in [0.2, 0.25) is 0 Å². The summed E-state index contributed by atoms with van der Waals surface area (Å²) >= 11 is 1.80. The highest BCUT2D eigenvalue weighted by Gasteiger charge is 2.19. The first-order valence-corrected chi connectivity index (χ1v) is 5.68. The summed E-state index contributed by atoms with van der Waals surface area (Å²) in [6.45, 7) is 0.707. The van der Waals surface area contributed by atoms with E-state index in [1.165, 1.54) is 6.20 Å². The summed E-state index contributed by atoms with van der Waals surface area (Å²) in [5.41, 5.74) is 5.91. The minimum Gasteiger partial charge on any atom is -0.382 e. The number of nitrogens with two attached hydrogens (primary N) is 1. The van der Waals surface area contributed by atoms with E-state index in [0.717, 1.165) is 11.5 Å². The second kappa shape index (κ2) is 4.47. The van der Waals surface area contributed by atoms with Crippen LogP contribution < -0.4 is 5.73 Å². The smallest absolute Gasteiger partial charge is 0.160 e. The second-order valence-corrected chi connectivity index (χ2v) is 4.22. The predicted molar refractivity (Wildman–Crippen MR) is 57.2 cm³/mol. The molecule has 0 aliphatic carbocycles. The molecule has 78 valence electrons. The first-order valence-electron chi connectivity index (χ1n) is 4.53. The third kappa shape index (κ3) is 2.19. The molecule has 2 rings (SSSR count). The van der Waals surface area contributed by atoms with Gasteiger partial charge in [0, 0.05) is 11.5 Å². The van der Waals surface area contributed by atoms with Gasteiger partial charge >= 0.3 is 0 Å². The third-order valence-corrected chi connectivity index (χ3v) is 3.06. The van der Waals surface area contributed by atoms with Gasteiger partial charge in [0.15, 0.2) is 5.82 Å². The summed E-state index contributed by atoms with van der Waals surface area (Å²) in [5, 5.41) is 8.67. The molecule has 0 bridgehead atoms. The quantitative estimate of drug-likeness (QED) is 0.754. The molecule has 0 aromatic carbocycles. The van der Waals surface area contributed by atoms with E-state index in [4.69, 9.17) is 15.7 Å². The van der Waals surface area contributed by atoms with Gasteiger partial charge < -0.3 is 10.5 Å². The van der Waals surface area contributed by atoms with Gasteiger partial charge in [-0.3, -0.25) is 0 Å². The van der Waals surface area contributed by atoms with Gasteiger partial charge in [-0.1, -0.05) is 0 Å². The van der Waals surface area contributed by atoms with E-state index >= 15 is 0 Å². The predicted octanol–water partition coefficient (Wildman–Crippen LogP) is 0.735. The molecule has 6 heteroatoms. The van der Waals surface area contributed by atoms with Crippen molar-refractivity contribution in [2.75, 3.05) is 23.8 Å². The summed E-state index contributed by atoms with van der Waals surface area (Å²) in [6, 6.07) is 1.93. The SMILES string of the molecule is N#Cc1cnc(C2CSCCO2)nc1N. The minimum atomic E-state index is -0.0983. The molecule has 1 aromatic rings. The Hall–Kier alpha value is -1.32. The molecule has 1 aliphatic rings. The van der Waals surface area contributed by atoms with Gasteiger partial charge in [-0.05, 0) is 0 Å². The molecule has 15 heavy (non-hydrogen) atoms. The molecule has 1 aromatic heterocycles. The van der Waals surface area contributed by atoms with Crippen LogP contribution in [0.3, 0.4) is 0 Å². The number of ether oxygens (including phenoxy) is 1. The van der Waals surface area contributed by atoms with Crippen molar-refractivity contribution in [3.63, 3.8) is 0 Å². The molecule has 0 amide bonds. The maximum Gasteiger partial charge on any atom is 0.160 e. The maximum atomic E-state index is 8.67. The Morgan fingerprint density at radius 2 is 2.53 bits per heavy atom. The minimum absolute atomic E-state index is 0.0983. The van der Waals surface area contributed by atoms with Gasteiger partial charge in [-0.25, -0.2) is 9.97 Å². The fourth-order valence-corrected chi connectivity index (χ4v) is 2.13. The average molecular weight is 222 g/mol. The molecule has 0 saturated carbocycles. The highest BCUT2D eigenvalue weighted by Crippen LogP contribution is 2.24. The molecule has 2 heterocycles. The number of anilines is 1. The maximum absolute atomic E-state index is 8.67. The molecule has 1 fully saturated rings. The van der Waals surface area contributed by atoms with Crippen molar-refractivity contribution >= 4 is 17.6 Å². The standard InChI is InChI=1S/C9H10N4OS/c10-3-6-4-12-9(13-8(6)11)7-5-15-2-1-14-7/h4,7H,1-2,5H2,(H2,11,12,13). The monoisotopic (exact) mass is 222 g/mol. The lowest BCUT2D eigenvalue weighted by Crippen LogP contribution is -2.18. The lowest BCUT2D eigenvalue weighted by Gasteiger charge is -2.20. The average Bonchev–Trinajstić information content (AvgIpc) is 2.30. The molecule has 0 radical (unpaired) electrons. The summed E-state index contributed by atoms with van der Waals surface area (Å²) in [5.74, 6) is 2.63. The van der Waals surface area contributed by atoms with Gasteiger partial charge in [0.1, 0.15) is 23.6 Å². The van der Waals surface area contributed by atoms with Crippen molar-refractivity contribution in [2.24, 2.45) is 0 Å². The zero-order valence-electron chi connectivity index (χ0n) is 8.01. The van der Waals surface area contributed by atoms with E-state index in [-0.39, 0.29) is 11.9 Å². The second-order valence-electron chi connectivity index (χ2n) is 3.07. The third-order valence-electron chi connectivity index (χ3n) is 2.06. The van der Waals surface area contributed by atoms with Crippen LogP contribution in [-0.2, 0) is 4.74 Å². The first kappa shape index (κ1) is 10.2. The Morgan fingerprint density at radius 1 is 1.67 bits per heavy atom. The van der Waals surface area contributed by atoms with E-state index in [1.807, 2.05) is 6.07 Å². The van der Waals surface area contributed by atoms with Gasteiger partial charge in [0.05, 0.1) is 12.8 Å². The topological polar surface area (TPSA) is 84.8 Å². The van der Waals surface area contributed by atoms with E-state index in [2.05, 4.69) is 9.97 Å². The number of nitrogen functional groups attached to an aromatic ring is 1. The Labute approximate surface area is 91.7 Å².